The van der Waals surface area contributed by atoms with Gasteiger partial charge in [-0.3, -0.25) is 4.79 Å². The maximum atomic E-state index is 12.0. The van der Waals surface area contributed by atoms with Gasteiger partial charge < -0.3 is 15.0 Å². The molecule has 92 valence electrons. The quantitative estimate of drug-likeness (QED) is 0.853. The average Bonchev–Trinajstić information content (AvgIpc) is 2.83. The van der Waals surface area contributed by atoms with E-state index in [0.717, 1.165) is 17.9 Å². The van der Waals surface area contributed by atoms with Gasteiger partial charge in [-0.25, -0.2) is 4.98 Å². The van der Waals surface area contributed by atoms with Crippen LogP contribution in [-0.4, -0.2) is 38.2 Å². The van der Waals surface area contributed by atoms with Gasteiger partial charge in [0.2, 0.25) is 5.91 Å². The Morgan fingerprint density at radius 3 is 3.06 bits per heavy atom. The molecule has 1 fully saturated rings. The molecule has 1 amide bonds. The van der Waals surface area contributed by atoms with Gasteiger partial charge in [0.1, 0.15) is 0 Å². The fourth-order valence-electron chi connectivity index (χ4n) is 1.83. The van der Waals surface area contributed by atoms with Crippen molar-refractivity contribution in [1.29, 1.82) is 0 Å². The Balaban J connectivity index is 2.09. The van der Waals surface area contributed by atoms with Crippen molar-refractivity contribution in [3.05, 3.63) is 18.3 Å². The van der Waals surface area contributed by atoms with E-state index in [4.69, 9.17) is 4.74 Å². The summed E-state index contributed by atoms with van der Waals surface area (Å²) in [6, 6.07) is 3.67. The zero-order chi connectivity index (χ0) is 12.3. The Kier molecular flexibility index (Phi) is 3.58. The Labute approximate surface area is 101 Å². The van der Waals surface area contributed by atoms with Crippen molar-refractivity contribution in [2.75, 3.05) is 37.5 Å². The molecule has 5 nitrogen and oxygen atoms in total. The zero-order valence-corrected chi connectivity index (χ0v) is 10.1. The number of carbonyl (C=O) groups excluding carboxylic acids is 1. The highest BCUT2D eigenvalue weighted by Gasteiger charge is 2.24. The Morgan fingerprint density at radius 2 is 2.41 bits per heavy atom. The first kappa shape index (κ1) is 11.9. The van der Waals surface area contributed by atoms with E-state index in [1.165, 1.54) is 0 Å². The van der Waals surface area contributed by atoms with Crippen LogP contribution in [0.15, 0.2) is 18.3 Å². The third kappa shape index (κ3) is 2.74. The molecule has 5 heteroatoms. The third-order valence-corrected chi connectivity index (χ3v) is 2.77. The molecule has 1 unspecified atom stereocenters. The number of amides is 1. The van der Waals surface area contributed by atoms with Crippen LogP contribution in [0.25, 0.3) is 0 Å². The molecule has 1 aromatic rings. The van der Waals surface area contributed by atoms with E-state index < -0.39 is 0 Å². The number of rotatable bonds is 3. The summed E-state index contributed by atoms with van der Waals surface area (Å²) in [6.07, 6.45) is 2.51. The minimum Gasteiger partial charge on any atom is -0.381 e. The summed E-state index contributed by atoms with van der Waals surface area (Å²) in [4.78, 5) is 18.1. The second-order valence-corrected chi connectivity index (χ2v) is 4.32. The van der Waals surface area contributed by atoms with Crippen molar-refractivity contribution in [3.63, 3.8) is 0 Å². The second-order valence-electron chi connectivity index (χ2n) is 4.32. The normalized spacial score (nSPS) is 19.1. The smallest absolute Gasteiger partial charge is 0.230 e. The molecule has 17 heavy (non-hydrogen) atoms. The molecule has 1 aromatic heterocycles. The van der Waals surface area contributed by atoms with Crippen molar-refractivity contribution >= 4 is 17.4 Å². The van der Waals surface area contributed by atoms with Crippen molar-refractivity contribution in [2.45, 2.75) is 6.42 Å². The molecule has 0 aliphatic carbocycles. The lowest BCUT2D eigenvalue weighted by Gasteiger charge is -2.17. The number of carbonyl (C=O) groups is 1. The van der Waals surface area contributed by atoms with Crippen LogP contribution in [0.5, 0.6) is 0 Å². The summed E-state index contributed by atoms with van der Waals surface area (Å²) < 4.78 is 5.21. The maximum Gasteiger partial charge on any atom is 0.230 e. The molecular formula is C12H17N3O2. The lowest BCUT2D eigenvalue weighted by Crippen LogP contribution is -2.24. The standard InChI is InChI=1S/C12H17N3O2/c1-15(2)11-10(4-3-6-13-11)14-12(16)9-5-7-17-8-9/h3-4,6,9H,5,7-8H2,1-2H3,(H,14,16). The van der Waals surface area contributed by atoms with Crippen molar-refractivity contribution in [3.8, 4) is 0 Å². The number of nitrogens with zero attached hydrogens (tertiary/aromatic N) is 2. The monoisotopic (exact) mass is 235 g/mol. The number of hydrogen-bond acceptors (Lipinski definition) is 4. The molecule has 1 aliphatic rings. The van der Waals surface area contributed by atoms with Gasteiger partial charge in [0.15, 0.2) is 5.82 Å². The SMILES string of the molecule is CN(C)c1ncccc1NC(=O)C1CCOC1. The van der Waals surface area contributed by atoms with Crippen LogP contribution in [0.4, 0.5) is 11.5 Å². The predicted molar refractivity (Wildman–Crippen MR) is 66.1 cm³/mol. The van der Waals surface area contributed by atoms with E-state index in [1.807, 2.05) is 31.1 Å². The molecule has 0 bridgehead atoms. The van der Waals surface area contributed by atoms with Crippen LogP contribution in [0, 0.1) is 5.92 Å². The van der Waals surface area contributed by atoms with Gasteiger partial charge in [0.05, 0.1) is 18.2 Å². The largest absolute Gasteiger partial charge is 0.381 e. The molecule has 2 rings (SSSR count). The van der Waals surface area contributed by atoms with Crippen LogP contribution in [-0.2, 0) is 9.53 Å². The molecule has 0 saturated carbocycles. The highest BCUT2D eigenvalue weighted by Crippen LogP contribution is 2.22. The fraction of sp³-hybridized carbons (Fsp3) is 0.500. The van der Waals surface area contributed by atoms with Gasteiger partial charge in [-0.2, -0.15) is 0 Å². The molecule has 1 N–H and O–H groups in total. The molecule has 0 radical (unpaired) electrons. The summed E-state index contributed by atoms with van der Waals surface area (Å²) in [5.41, 5.74) is 0.745. The van der Waals surface area contributed by atoms with E-state index >= 15 is 0 Å². The zero-order valence-electron chi connectivity index (χ0n) is 10.1. The second kappa shape index (κ2) is 5.14. The molecule has 1 atom stereocenters. The number of hydrogen-bond donors (Lipinski definition) is 1. The number of ether oxygens (including phenoxy) is 1. The van der Waals surface area contributed by atoms with E-state index in [1.54, 1.807) is 6.20 Å². The van der Waals surface area contributed by atoms with Crippen molar-refractivity contribution in [2.24, 2.45) is 5.92 Å². The van der Waals surface area contributed by atoms with E-state index in [-0.39, 0.29) is 11.8 Å². The molecule has 1 aliphatic heterocycles. The van der Waals surface area contributed by atoms with Crippen LogP contribution in [0.3, 0.4) is 0 Å². The summed E-state index contributed by atoms with van der Waals surface area (Å²) in [6.45, 7) is 1.19. The topological polar surface area (TPSA) is 54.5 Å². The number of nitrogens with one attached hydrogen (secondary N) is 1. The van der Waals surface area contributed by atoms with E-state index in [9.17, 15) is 4.79 Å². The van der Waals surface area contributed by atoms with Crippen molar-refractivity contribution < 1.29 is 9.53 Å². The molecule has 1 saturated heterocycles. The molecule has 2 heterocycles. The summed E-state index contributed by atoms with van der Waals surface area (Å²) >= 11 is 0. The molecule has 0 spiro atoms. The first-order valence-electron chi connectivity index (χ1n) is 5.69. The van der Waals surface area contributed by atoms with Gasteiger partial charge in [-0.05, 0) is 18.6 Å². The Bertz CT molecular complexity index is 400. The summed E-state index contributed by atoms with van der Waals surface area (Å²) in [5, 5.41) is 2.91. The maximum absolute atomic E-state index is 12.0. The summed E-state index contributed by atoms with van der Waals surface area (Å²) in [7, 11) is 3.80. The van der Waals surface area contributed by atoms with E-state index in [0.29, 0.717) is 13.2 Å². The number of pyridine rings is 1. The van der Waals surface area contributed by atoms with Crippen LogP contribution in [0.1, 0.15) is 6.42 Å². The van der Waals surface area contributed by atoms with Gasteiger partial charge >= 0.3 is 0 Å². The van der Waals surface area contributed by atoms with E-state index in [2.05, 4.69) is 10.3 Å². The van der Waals surface area contributed by atoms with Crippen molar-refractivity contribution in [1.82, 2.24) is 4.98 Å². The number of anilines is 2. The predicted octanol–water partition coefficient (Wildman–Crippen LogP) is 1.12. The number of aromatic nitrogens is 1. The minimum absolute atomic E-state index is 0.0126. The van der Waals surface area contributed by atoms with Gasteiger partial charge in [-0.15, -0.1) is 0 Å². The van der Waals surface area contributed by atoms with Crippen LogP contribution in [0.2, 0.25) is 0 Å². The fourth-order valence-corrected chi connectivity index (χ4v) is 1.83. The minimum atomic E-state index is -0.0368. The Hall–Kier alpha value is -1.62. The lowest BCUT2D eigenvalue weighted by atomic mass is 10.1. The van der Waals surface area contributed by atoms with Crippen LogP contribution >= 0.6 is 0 Å². The lowest BCUT2D eigenvalue weighted by molar-refractivity contribution is -0.119. The molecular weight excluding hydrogens is 218 g/mol. The first-order chi connectivity index (χ1) is 8.18. The molecule has 0 aromatic carbocycles. The Morgan fingerprint density at radius 1 is 1.59 bits per heavy atom. The van der Waals surface area contributed by atoms with Gasteiger partial charge in [0.25, 0.3) is 0 Å². The van der Waals surface area contributed by atoms with Gasteiger partial charge in [-0.1, -0.05) is 0 Å². The average molecular weight is 235 g/mol. The van der Waals surface area contributed by atoms with Gasteiger partial charge in [0, 0.05) is 26.9 Å². The summed E-state index contributed by atoms with van der Waals surface area (Å²) in [5.74, 6) is 0.739. The third-order valence-electron chi connectivity index (χ3n) is 2.77. The highest BCUT2D eigenvalue weighted by atomic mass is 16.5. The highest BCUT2D eigenvalue weighted by molar-refractivity contribution is 5.95. The first-order valence-corrected chi connectivity index (χ1v) is 5.69. The van der Waals surface area contributed by atoms with Crippen LogP contribution < -0.4 is 10.2 Å².